The summed E-state index contributed by atoms with van der Waals surface area (Å²) in [6, 6.07) is 4.57. The molecule has 4 aromatic rings. The molecule has 0 spiro atoms. The summed E-state index contributed by atoms with van der Waals surface area (Å²) in [6.07, 6.45) is 5.24. The first-order chi connectivity index (χ1) is 19.4. The van der Waals surface area contributed by atoms with Crippen LogP contribution in [0.2, 0.25) is 5.02 Å². The predicted octanol–water partition coefficient (Wildman–Crippen LogP) is 5.65. The topological polar surface area (TPSA) is 89.6 Å². The van der Waals surface area contributed by atoms with E-state index in [1.165, 1.54) is 12.1 Å². The number of hydrogen-bond donors (Lipinski definition) is 1. The number of nitrogens with zero attached hydrogens (tertiary/aromatic N) is 5. The van der Waals surface area contributed by atoms with Crippen LogP contribution >= 0.6 is 22.9 Å². The molecule has 3 saturated heterocycles. The van der Waals surface area contributed by atoms with Crippen molar-refractivity contribution in [3.63, 3.8) is 0 Å². The second kappa shape index (κ2) is 10.2. The highest BCUT2D eigenvalue weighted by molar-refractivity contribution is 7.22. The van der Waals surface area contributed by atoms with E-state index in [9.17, 15) is 4.39 Å². The maximum atomic E-state index is 16.6. The van der Waals surface area contributed by atoms with Crippen LogP contribution in [0.1, 0.15) is 32.1 Å². The quantitative estimate of drug-likeness (QED) is 0.321. The van der Waals surface area contributed by atoms with Crippen molar-refractivity contribution in [3.8, 4) is 17.1 Å². The van der Waals surface area contributed by atoms with Crippen molar-refractivity contribution in [2.75, 3.05) is 56.6 Å². The van der Waals surface area contributed by atoms with Gasteiger partial charge in [0.15, 0.2) is 10.9 Å². The predicted molar refractivity (Wildman–Crippen MR) is 153 cm³/mol. The summed E-state index contributed by atoms with van der Waals surface area (Å²) in [4.78, 5) is 18.3. The standard InChI is InChI=1S/C28H29ClF2N6O2S/c29-18-14-17-22(21(31)20(18)16-4-5-19(30)24-23(16)33-26(32)40-24)34-27(35-25(17)36-8-3-12-38-13-11-36)39-15-28-6-1-9-37(28)10-2-7-28/h4-5,14H,1-3,6-13,15H2,(H2,32,33). The van der Waals surface area contributed by atoms with E-state index in [4.69, 9.17) is 31.8 Å². The Balaban J connectivity index is 1.37. The molecule has 0 saturated carbocycles. The molecule has 2 aromatic heterocycles. The van der Waals surface area contributed by atoms with Gasteiger partial charge in [-0.1, -0.05) is 22.9 Å². The minimum absolute atomic E-state index is 0.0110. The van der Waals surface area contributed by atoms with E-state index in [2.05, 4.69) is 19.8 Å². The van der Waals surface area contributed by atoms with Crippen LogP contribution in [0.15, 0.2) is 18.2 Å². The molecule has 3 aliphatic rings. The summed E-state index contributed by atoms with van der Waals surface area (Å²) >= 11 is 7.77. The SMILES string of the molecule is Nc1nc2c(-c3c(Cl)cc4c(N5CCCOCC5)nc(OCC56CCCN5CCC6)nc4c3F)ccc(F)c2s1. The molecule has 210 valence electrons. The van der Waals surface area contributed by atoms with Crippen LogP contribution < -0.4 is 15.4 Å². The van der Waals surface area contributed by atoms with Gasteiger partial charge in [0.25, 0.3) is 0 Å². The number of aromatic nitrogens is 3. The first-order valence-corrected chi connectivity index (χ1v) is 14.9. The molecule has 3 aliphatic heterocycles. The molecule has 0 atom stereocenters. The fourth-order valence-corrected chi connectivity index (χ4v) is 7.58. The van der Waals surface area contributed by atoms with Crippen LogP contribution in [-0.2, 0) is 4.74 Å². The van der Waals surface area contributed by atoms with Crippen LogP contribution in [0.5, 0.6) is 6.01 Å². The fourth-order valence-electron chi connectivity index (χ4n) is 6.52. The zero-order valence-electron chi connectivity index (χ0n) is 21.9. The molecule has 12 heteroatoms. The zero-order chi connectivity index (χ0) is 27.4. The fraction of sp³-hybridized carbons (Fsp3) is 0.464. The van der Waals surface area contributed by atoms with Crippen LogP contribution in [-0.4, -0.2) is 71.4 Å². The molecule has 5 heterocycles. The zero-order valence-corrected chi connectivity index (χ0v) is 23.5. The Morgan fingerprint density at radius 3 is 2.67 bits per heavy atom. The Bertz CT molecular complexity index is 1600. The number of halogens is 3. The summed E-state index contributed by atoms with van der Waals surface area (Å²) in [5, 5.41) is 0.827. The number of nitrogens with two attached hydrogens (primary N) is 1. The van der Waals surface area contributed by atoms with Crippen LogP contribution in [0, 0.1) is 11.6 Å². The second-order valence-corrected chi connectivity index (χ2v) is 12.2. The minimum atomic E-state index is -0.636. The maximum absolute atomic E-state index is 16.6. The number of benzene rings is 2. The number of ether oxygens (including phenoxy) is 2. The van der Waals surface area contributed by atoms with Crippen molar-refractivity contribution in [2.24, 2.45) is 0 Å². The first kappa shape index (κ1) is 26.1. The van der Waals surface area contributed by atoms with Crippen molar-refractivity contribution in [1.29, 1.82) is 0 Å². The van der Waals surface area contributed by atoms with E-state index in [-0.39, 0.29) is 43.0 Å². The number of nitrogen functional groups attached to an aromatic ring is 1. The third-order valence-corrected chi connectivity index (χ3v) is 9.62. The maximum Gasteiger partial charge on any atom is 0.319 e. The number of thiazole rings is 1. The lowest BCUT2D eigenvalue weighted by atomic mass is 9.95. The van der Waals surface area contributed by atoms with Crippen molar-refractivity contribution in [2.45, 2.75) is 37.6 Å². The van der Waals surface area contributed by atoms with Gasteiger partial charge in [-0.3, -0.25) is 4.90 Å². The van der Waals surface area contributed by atoms with E-state index in [0.29, 0.717) is 49.7 Å². The largest absolute Gasteiger partial charge is 0.461 e. The molecule has 2 aromatic carbocycles. The Morgan fingerprint density at radius 2 is 1.85 bits per heavy atom. The normalized spacial score (nSPS) is 19.4. The Morgan fingerprint density at radius 1 is 1.02 bits per heavy atom. The van der Waals surface area contributed by atoms with E-state index in [1.54, 1.807) is 6.07 Å². The highest BCUT2D eigenvalue weighted by Gasteiger charge is 2.45. The average Bonchev–Trinajstić information content (AvgIpc) is 3.57. The molecule has 0 radical (unpaired) electrons. The molecule has 0 aliphatic carbocycles. The van der Waals surface area contributed by atoms with Gasteiger partial charge in [-0.15, -0.1) is 0 Å². The Kier molecular flexibility index (Phi) is 6.65. The van der Waals surface area contributed by atoms with Crippen LogP contribution in [0.4, 0.5) is 19.7 Å². The molecular weight excluding hydrogens is 558 g/mol. The highest BCUT2D eigenvalue weighted by atomic mass is 35.5. The van der Waals surface area contributed by atoms with Crippen LogP contribution in [0.3, 0.4) is 0 Å². The van der Waals surface area contributed by atoms with Gasteiger partial charge in [0, 0.05) is 36.2 Å². The summed E-state index contributed by atoms with van der Waals surface area (Å²) in [7, 11) is 0. The lowest BCUT2D eigenvalue weighted by molar-refractivity contribution is 0.108. The highest BCUT2D eigenvalue weighted by Crippen LogP contribution is 2.43. The molecule has 40 heavy (non-hydrogen) atoms. The molecule has 0 unspecified atom stereocenters. The molecule has 7 rings (SSSR count). The first-order valence-electron chi connectivity index (χ1n) is 13.7. The molecule has 3 fully saturated rings. The van der Waals surface area contributed by atoms with Gasteiger partial charge < -0.3 is 20.1 Å². The van der Waals surface area contributed by atoms with Gasteiger partial charge in [-0.05, 0) is 63.4 Å². The van der Waals surface area contributed by atoms with Gasteiger partial charge in [0.05, 0.1) is 27.4 Å². The molecule has 0 amide bonds. The average molecular weight is 587 g/mol. The third-order valence-electron chi connectivity index (χ3n) is 8.43. The molecular formula is C28H29ClF2N6O2S. The van der Waals surface area contributed by atoms with Gasteiger partial charge in [0.1, 0.15) is 23.8 Å². The smallest absolute Gasteiger partial charge is 0.319 e. The monoisotopic (exact) mass is 586 g/mol. The van der Waals surface area contributed by atoms with Crippen molar-refractivity contribution < 1.29 is 18.3 Å². The van der Waals surface area contributed by atoms with Crippen LogP contribution in [0.25, 0.3) is 32.2 Å². The van der Waals surface area contributed by atoms with Crippen molar-refractivity contribution in [1.82, 2.24) is 19.9 Å². The van der Waals surface area contributed by atoms with Crippen molar-refractivity contribution in [3.05, 3.63) is 34.9 Å². The minimum Gasteiger partial charge on any atom is -0.461 e. The van der Waals surface area contributed by atoms with E-state index < -0.39 is 11.6 Å². The van der Waals surface area contributed by atoms with E-state index in [0.717, 1.165) is 56.5 Å². The summed E-state index contributed by atoms with van der Waals surface area (Å²) in [6.45, 7) is 5.09. The van der Waals surface area contributed by atoms with Gasteiger partial charge in [0.2, 0.25) is 0 Å². The summed E-state index contributed by atoms with van der Waals surface area (Å²) in [5.74, 6) is -0.545. The Labute approximate surface area is 239 Å². The van der Waals surface area contributed by atoms with E-state index >= 15 is 4.39 Å². The number of rotatable bonds is 5. The summed E-state index contributed by atoms with van der Waals surface area (Å²) in [5.41, 5.74) is 6.68. The number of anilines is 2. The molecule has 2 N–H and O–H groups in total. The second-order valence-electron chi connectivity index (χ2n) is 10.8. The lowest BCUT2D eigenvalue weighted by Crippen LogP contribution is -2.43. The third kappa shape index (κ3) is 4.34. The van der Waals surface area contributed by atoms with Gasteiger partial charge in [-0.25, -0.2) is 13.8 Å². The lowest BCUT2D eigenvalue weighted by Gasteiger charge is -2.31. The molecule has 8 nitrogen and oxygen atoms in total. The molecule has 0 bridgehead atoms. The van der Waals surface area contributed by atoms with Gasteiger partial charge >= 0.3 is 6.01 Å². The number of fused-ring (bicyclic) bond motifs is 3. The summed E-state index contributed by atoms with van der Waals surface area (Å²) < 4.78 is 43.3. The van der Waals surface area contributed by atoms with Crippen molar-refractivity contribution >= 4 is 55.0 Å². The van der Waals surface area contributed by atoms with E-state index in [1.807, 2.05) is 0 Å². The number of hydrogen-bond acceptors (Lipinski definition) is 9. The van der Waals surface area contributed by atoms with Gasteiger partial charge in [-0.2, -0.15) is 9.97 Å². The Hall–Kier alpha value is -2.86.